The number of halogens is 2. The Balaban J connectivity index is 1.71. The molecule has 4 rings (SSSR count). The quantitative estimate of drug-likeness (QED) is 0.591. The number of nitrogens with zero attached hydrogens (tertiary/aromatic N) is 3. The molecule has 27 heavy (non-hydrogen) atoms. The molecule has 0 saturated carbocycles. The Morgan fingerprint density at radius 1 is 0.889 bits per heavy atom. The summed E-state index contributed by atoms with van der Waals surface area (Å²) in [5, 5.41) is 2.07. The molecule has 2 heterocycles. The highest BCUT2D eigenvalue weighted by molar-refractivity contribution is 5.86. The summed E-state index contributed by atoms with van der Waals surface area (Å²) in [5.74, 6) is -1.24. The summed E-state index contributed by atoms with van der Waals surface area (Å²) < 4.78 is 26.9. The van der Waals surface area contributed by atoms with Crippen molar-refractivity contribution in [3.63, 3.8) is 0 Å². The van der Waals surface area contributed by atoms with Gasteiger partial charge < -0.3 is 5.73 Å². The zero-order valence-electron chi connectivity index (χ0n) is 14.3. The lowest BCUT2D eigenvalue weighted by molar-refractivity contribution is 0.575. The van der Waals surface area contributed by atoms with Crippen molar-refractivity contribution in [2.45, 2.75) is 12.5 Å². The van der Waals surface area contributed by atoms with Gasteiger partial charge in [0, 0.05) is 35.6 Å². The largest absolute Gasteiger partial charge is 0.322 e. The Morgan fingerprint density at radius 2 is 1.70 bits per heavy atom. The molecule has 134 valence electrons. The highest BCUT2D eigenvalue weighted by Crippen LogP contribution is 2.29. The Hall–Kier alpha value is -3.25. The minimum Gasteiger partial charge on any atom is -0.322 e. The number of hydrogen-bond acceptors (Lipinski definition) is 4. The minimum atomic E-state index is -0.622. The summed E-state index contributed by atoms with van der Waals surface area (Å²) in [6.45, 7) is 0. The van der Waals surface area contributed by atoms with Crippen LogP contribution in [0.5, 0.6) is 0 Å². The maximum atomic E-state index is 13.5. The van der Waals surface area contributed by atoms with Crippen LogP contribution in [0, 0.1) is 11.6 Å². The molecule has 0 spiro atoms. The monoisotopic (exact) mass is 362 g/mol. The van der Waals surface area contributed by atoms with E-state index in [4.69, 9.17) is 5.73 Å². The molecule has 0 fully saturated rings. The van der Waals surface area contributed by atoms with Crippen molar-refractivity contribution in [3.8, 4) is 11.1 Å². The molecule has 0 bridgehead atoms. The molecule has 0 aliphatic carbocycles. The molecule has 0 saturated heterocycles. The van der Waals surface area contributed by atoms with Crippen LogP contribution in [0.1, 0.15) is 17.3 Å². The van der Waals surface area contributed by atoms with Gasteiger partial charge in [-0.2, -0.15) is 0 Å². The van der Waals surface area contributed by atoms with E-state index in [0.717, 1.165) is 28.0 Å². The number of fused-ring (bicyclic) bond motifs is 1. The number of hydrogen-bond donors (Lipinski definition) is 1. The fourth-order valence-corrected chi connectivity index (χ4v) is 3.19. The number of nitrogens with two attached hydrogens (primary N) is 1. The number of rotatable bonds is 4. The van der Waals surface area contributed by atoms with E-state index in [-0.39, 0.29) is 6.42 Å². The summed E-state index contributed by atoms with van der Waals surface area (Å²) >= 11 is 0. The van der Waals surface area contributed by atoms with E-state index in [1.54, 1.807) is 18.6 Å². The van der Waals surface area contributed by atoms with E-state index < -0.39 is 17.7 Å². The lowest BCUT2D eigenvalue weighted by Gasteiger charge is -2.16. The summed E-state index contributed by atoms with van der Waals surface area (Å²) in [6.07, 6.45) is 6.92. The third kappa shape index (κ3) is 3.66. The molecular weight excluding hydrogens is 346 g/mol. The van der Waals surface area contributed by atoms with Gasteiger partial charge in [0.25, 0.3) is 0 Å². The molecule has 1 atom stereocenters. The van der Waals surface area contributed by atoms with E-state index in [1.807, 2.05) is 24.3 Å². The van der Waals surface area contributed by atoms with Crippen molar-refractivity contribution in [2.24, 2.45) is 5.73 Å². The molecular formula is C21H16F2N4. The zero-order chi connectivity index (χ0) is 18.8. The van der Waals surface area contributed by atoms with Gasteiger partial charge in [-0.25, -0.2) is 18.7 Å². The van der Waals surface area contributed by atoms with Gasteiger partial charge in [0.15, 0.2) is 0 Å². The molecule has 0 aliphatic heterocycles. The molecule has 6 heteroatoms. The normalized spacial score (nSPS) is 12.3. The van der Waals surface area contributed by atoms with Crippen LogP contribution in [0.25, 0.3) is 21.9 Å². The minimum absolute atomic E-state index is 0.260. The van der Waals surface area contributed by atoms with Gasteiger partial charge in [0.2, 0.25) is 0 Å². The van der Waals surface area contributed by atoms with Gasteiger partial charge in [-0.1, -0.05) is 12.1 Å². The standard InChI is InChI=1S/C21H16F2N4/c22-17-5-13(6-18(23)9-17)7-20(24)21-19(11-26-12-27-21)15-1-2-16-10-25-4-3-14(16)8-15/h1-6,8-12,20H,7,24H2/t20-/m0/s1. The molecule has 0 unspecified atom stereocenters. The van der Waals surface area contributed by atoms with E-state index in [0.29, 0.717) is 11.3 Å². The lowest BCUT2D eigenvalue weighted by atomic mass is 9.96. The van der Waals surface area contributed by atoms with Crippen LogP contribution >= 0.6 is 0 Å². The highest BCUT2D eigenvalue weighted by atomic mass is 19.1. The van der Waals surface area contributed by atoms with E-state index in [1.165, 1.54) is 18.5 Å². The Kier molecular flexibility index (Phi) is 4.56. The summed E-state index contributed by atoms with van der Waals surface area (Å²) in [7, 11) is 0. The van der Waals surface area contributed by atoms with Gasteiger partial charge in [-0.15, -0.1) is 0 Å². The predicted molar refractivity (Wildman–Crippen MR) is 99.8 cm³/mol. The summed E-state index contributed by atoms with van der Waals surface area (Å²) in [5.41, 5.74) is 9.16. The lowest BCUT2D eigenvalue weighted by Crippen LogP contribution is -2.16. The average molecular weight is 362 g/mol. The van der Waals surface area contributed by atoms with Gasteiger partial charge >= 0.3 is 0 Å². The first-order valence-electron chi connectivity index (χ1n) is 8.45. The molecule has 2 aromatic heterocycles. The fraction of sp³-hybridized carbons (Fsp3) is 0.0952. The van der Waals surface area contributed by atoms with Crippen LogP contribution in [0.4, 0.5) is 8.78 Å². The van der Waals surface area contributed by atoms with Gasteiger partial charge in [-0.05, 0) is 47.2 Å². The highest BCUT2D eigenvalue weighted by Gasteiger charge is 2.16. The van der Waals surface area contributed by atoms with Crippen LogP contribution in [0.3, 0.4) is 0 Å². The number of pyridine rings is 1. The van der Waals surface area contributed by atoms with Crippen LogP contribution in [0.2, 0.25) is 0 Å². The van der Waals surface area contributed by atoms with Crippen LogP contribution in [-0.2, 0) is 6.42 Å². The van der Waals surface area contributed by atoms with Crippen molar-refractivity contribution >= 4 is 10.8 Å². The van der Waals surface area contributed by atoms with Crippen LogP contribution < -0.4 is 5.73 Å². The average Bonchev–Trinajstić information content (AvgIpc) is 2.67. The topological polar surface area (TPSA) is 64.7 Å². The van der Waals surface area contributed by atoms with Crippen LogP contribution in [-0.4, -0.2) is 15.0 Å². The third-order valence-corrected chi connectivity index (χ3v) is 4.42. The van der Waals surface area contributed by atoms with Crippen molar-refractivity contribution < 1.29 is 8.78 Å². The molecule has 4 nitrogen and oxygen atoms in total. The van der Waals surface area contributed by atoms with Crippen molar-refractivity contribution in [2.75, 3.05) is 0 Å². The van der Waals surface area contributed by atoms with Gasteiger partial charge in [0.05, 0.1) is 11.7 Å². The van der Waals surface area contributed by atoms with E-state index >= 15 is 0 Å². The molecule has 2 N–H and O–H groups in total. The Morgan fingerprint density at radius 3 is 2.52 bits per heavy atom. The molecule has 2 aromatic carbocycles. The third-order valence-electron chi connectivity index (χ3n) is 4.42. The van der Waals surface area contributed by atoms with Crippen molar-refractivity contribution in [3.05, 3.63) is 90.3 Å². The van der Waals surface area contributed by atoms with E-state index in [9.17, 15) is 8.78 Å². The second-order valence-electron chi connectivity index (χ2n) is 6.35. The van der Waals surface area contributed by atoms with Crippen molar-refractivity contribution in [1.29, 1.82) is 0 Å². The molecule has 0 amide bonds. The summed E-state index contributed by atoms with van der Waals surface area (Å²) in [6, 6.07) is 10.8. The molecule has 0 aliphatic rings. The van der Waals surface area contributed by atoms with Crippen molar-refractivity contribution in [1.82, 2.24) is 15.0 Å². The van der Waals surface area contributed by atoms with Gasteiger partial charge in [0.1, 0.15) is 18.0 Å². The predicted octanol–water partition coefficient (Wildman–Crippen LogP) is 4.21. The van der Waals surface area contributed by atoms with Crippen LogP contribution in [0.15, 0.2) is 67.4 Å². The molecule has 4 aromatic rings. The Bertz CT molecular complexity index is 1090. The zero-order valence-corrected chi connectivity index (χ0v) is 14.3. The second kappa shape index (κ2) is 7.17. The SMILES string of the molecule is N[C@@H](Cc1cc(F)cc(F)c1)c1ncncc1-c1ccc2cnccc2c1. The van der Waals surface area contributed by atoms with Gasteiger partial charge in [-0.3, -0.25) is 4.98 Å². The molecule has 0 radical (unpaired) electrons. The summed E-state index contributed by atoms with van der Waals surface area (Å²) in [4.78, 5) is 12.6. The number of aromatic nitrogens is 3. The second-order valence-corrected chi connectivity index (χ2v) is 6.35. The fourth-order valence-electron chi connectivity index (χ4n) is 3.19. The Labute approximate surface area is 154 Å². The maximum Gasteiger partial charge on any atom is 0.126 e. The maximum absolute atomic E-state index is 13.5. The number of benzene rings is 2. The first kappa shape index (κ1) is 17.2. The van der Waals surface area contributed by atoms with E-state index in [2.05, 4.69) is 15.0 Å². The first-order chi connectivity index (χ1) is 13.1. The first-order valence-corrected chi connectivity index (χ1v) is 8.45. The smallest absolute Gasteiger partial charge is 0.126 e.